The lowest BCUT2D eigenvalue weighted by molar-refractivity contribution is -0.143. The molecule has 9 nitrogen and oxygen atoms in total. The van der Waals surface area contributed by atoms with Crippen molar-refractivity contribution in [3.05, 3.63) is 94.3 Å². The number of likely N-dealkylation sites (tertiary alicyclic amines) is 1. The van der Waals surface area contributed by atoms with Crippen molar-refractivity contribution in [2.75, 3.05) is 13.2 Å². The molecule has 1 saturated heterocycles. The van der Waals surface area contributed by atoms with Gasteiger partial charge in [0.1, 0.15) is 17.9 Å². The fourth-order valence-corrected chi connectivity index (χ4v) is 6.58. The van der Waals surface area contributed by atoms with Gasteiger partial charge in [-0.05, 0) is 60.6 Å². The number of amides is 1. The summed E-state index contributed by atoms with van der Waals surface area (Å²) in [6, 6.07) is 17.2. The topological polar surface area (TPSA) is 107 Å². The molecular formula is C35H36ClF3N4O5. The number of para-hydroxylation sites is 1. The van der Waals surface area contributed by atoms with Crippen molar-refractivity contribution in [2.24, 2.45) is 5.41 Å². The van der Waals surface area contributed by atoms with Crippen LogP contribution in [0.3, 0.4) is 0 Å². The van der Waals surface area contributed by atoms with Crippen molar-refractivity contribution in [1.29, 1.82) is 0 Å². The molecule has 1 amide bonds. The van der Waals surface area contributed by atoms with Crippen LogP contribution in [-0.2, 0) is 17.5 Å². The molecule has 13 heteroatoms. The van der Waals surface area contributed by atoms with Gasteiger partial charge in [0.15, 0.2) is 11.5 Å². The van der Waals surface area contributed by atoms with Gasteiger partial charge in [0.2, 0.25) is 0 Å². The summed E-state index contributed by atoms with van der Waals surface area (Å²) < 4.78 is 53.9. The maximum Gasteiger partial charge on any atom is 0.434 e. The van der Waals surface area contributed by atoms with Crippen LogP contribution in [0.15, 0.2) is 66.9 Å². The molecule has 0 bridgehead atoms. The molecule has 0 saturated carbocycles. The number of carboxylic acid groups (broad SMARTS) is 1. The third-order valence-corrected chi connectivity index (χ3v) is 8.58. The maximum absolute atomic E-state index is 14.1. The molecule has 2 aromatic heterocycles. The second kappa shape index (κ2) is 13.9. The number of ether oxygens (including phenoxy) is 2. The minimum atomic E-state index is -4.92. The van der Waals surface area contributed by atoms with E-state index in [1.165, 1.54) is 19.1 Å². The summed E-state index contributed by atoms with van der Waals surface area (Å²) in [4.78, 5) is 30.3. The Morgan fingerprint density at radius 1 is 1.04 bits per heavy atom. The number of alkyl halides is 3. The molecule has 1 N–H and O–H groups in total. The number of hydrogen-bond acceptors (Lipinski definition) is 6. The Balaban J connectivity index is 1.40. The molecule has 2 aromatic carbocycles. The van der Waals surface area contributed by atoms with Crippen LogP contribution in [0, 0.1) is 5.41 Å². The van der Waals surface area contributed by atoms with E-state index in [9.17, 15) is 27.9 Å². The summed E-state index contributed by atoms with van der Waals surface area (Å²) in [6.07, 6.45) is -3.36. The van der Waals surface area contributed by atoms with Crippen LogP contribution in [0.25, 0.3) is 17.1 Å². The number of esters is 1. The van der Waals surface area contributed by atoms with Crippen molar-refractivity contribution >= 4 is 23.7 Å². The van der Waals surface area contributed by atoms with Gasteiger partial charge >= 0.3 is 18.2 Å². The van der Waals surface area contributed by atoms with Gasteiger partial charge in [0.25, 0.3) is 0 Å². The molecule has 1 unspecified atom stereocenters. The van der Waals surface area contributed by atoms with Crippen molar-refractivity contribution < 1.29 is 37.3 Å². The SMILES string of the molecule is CCOC(=O)c1cnn(-c2cccc(-c3cccc(Cl)c3OCc3ccc([C@H]4CCCN(C(=O)O)C4C(C)(C)C)cc3)n2)c1C(F)(F)F. The standard InChI is InChI=1S/C35H36ClF3N4O5/c1-5-47-32(44)25-19-40-43(31(25)35(37,38)39)28-13-7-12-27(41-28)24-9-6-11-26(36)29(24)48-20-21-14-16-22(17-15-21)23-10-8-18-42(33(45)46)30(23)34(2,3)4/h6-7,9,11-17,19,23,30H,5,8,10,18,20H2,1-4H3,(H,45,46)/t23-,30?/m1/s1. The molecule has 5 rings (SSSR count). The van der Waals surface area contributed by atoms with E-state index in [1.54, 1.807) is 29.2 Å². The molecule has 3 heterocycles. The molecule has 1 aliphatic heterocycles. The molecule has 1 aliphatic rings. The molecule has 1 fully saturated rings. The monoisotopic (exact) mass is 684 g/mol. The molecule has 2 atom stereocenters. The van der Waals surface area contributed by atoms with E-state index >= 15 is 0 Å². The van der Waals surface area contributed by atoms with Gasteiger partial charge in [-0.3, -0.25) is 0 Å². The third kappa shape index (κ3) is 7.28. The molecule has 0 spiro atoms. The van der Waals surface area contributed by atoms with Gasteiger partial charge in [-0.2, -0.15) is 18.3 Å². The van der Waals surface area contributed by atoms with Gasteiger partial charge in [0.05, 0.1) is 23.5 Å². The van der Waals surface area contributed by atoms with Crippen molar-refractivity contribution in [1.82, 2.24) is 19.7 Å². The fourth-order valence-electron chi connectivity index (χ4n) is 6.35. The highest BCUT2D eigenvalue weighted by atomic mass is 35.5. The maximum atomic E-state index is 14.1. The largest absolute Gasteiger partial charge is 0.487 e. The third-order valence-electron chi connectivity index (χ3n) is 8.28. The highest BCUT2D eigenvalue weighted by Gasteiger charge is 2.43. The lowest BCUT2D eigenvalue weighted by atomic mass is 9.71. The van der Waals surface area contributed by atoms with E-state index in [0.29, 0.717) is 16.8 Å². The van der Waals surface area contributed by atoms with Crippen LogP contribution in [0.4, 0.5) is 18.0 Å². The Hall–Kier alpha value is -4.58. The summed E-state index contributed by atoms with van der Waals surface area (Å²) in [5.41, 5.74) is 0.326. The Labute approximate surface area is 281 Å². The van der Waals surface area contributed by atoms with E-state index in [2.05, 4.69) is 30.9 Å². The highest BCUT2D eigenvalue weighted by molar-refractivity contribution is 6.32. The predicted octanol–water partition coefficient (Wildman–Crippen LogP) is 8.63. The lowest BCUT2D eigenvalue weighted by Crippen LogP contribution is -2.53. The average Bonchev–Trinajstić information content (AvgIpc) is 3.50. The minimum Gasteiger partial charge on any atom is -0.487 e. The van der Waals surface area contributed by atoms with E-state index in [0.717, 1.165) is 30.2 Å². The summed E-state index contributed by atoms with van der Waals surface area (Å²) in [6.45, 7) is 8.22. The fraction of sp³-hybridized carbons (Fsp3) is 0.371. The second-order valence-corrected chi connectivity index (χ2v) is 13.0. The van der Waals surface area contributed by atoms with E-state index in [4.69, 9.17) is 21.1 Å². The lowest BCUT2D eigenvalue weighted by Gasteiger charge is -2.47. The van der Waals surface area contributed by atoms with Gasteiger partial charge in [-0.1, -0.05) is 68.8 Å². The zero-order valence-electron chi connectivity index (χ0n) is 26.9. The number of piperidine rings is 1. The number of nitrogens with zero attached hydrogens (tertiary/aromatic N) is 4. The highest BCUT2D eigenvalue weighted by Crippen LogP contribution is 2.42. The first-order valence-electron chi connectivity index (χ1n) is 15.5. The van der Waals surface area contributed by atoms with E-state index in [1.807, 2.05) is 24.3 Å². The van der Waals surface area contributed by atoms with Crippen molar-refractivity contribution in [3.63, 3.8) is 0 Å². The minimum absolute atomic E-state index is 0.0411. The Kier molecular flexibility index (Phi) is 10.0. The van der Waals surface area contributed by atoms with Crippen LogP contribution in [0.5, 0.6) is 5.75 Å². The molecule has 4 aromatic rings. The number of pyridine rings is 1. The van der Waals surface area contributed by atoms with Gasteiger partial charge in [-0.15, -0.1) is 0 Å². The summed E-state index contributed by atoms with van der Waals surface area (Å²) in [5.74, 6) is -0.983. The Morgan fingerprint density at radius 2 is 1.75 bits per heavy atom. The molecular weight excluding hydrogens is 649 g/mol. The molecule has 0 radical (unpaired) electrons. The van der Waals surface area contributed by atoms with Crippen LogP contribution in [0.1, 0.15) is 73.6 Å². The average molecular weight is 685 g/mol. The quantitative estimate of drug-likeness (QED) is 0.185. The molecule has 254 valence electrons. The summed E-state index contributed by atoms with van der Waals surface area (Å²) in [5, 5.41) is 14.0. The number of carbonyl (C=O) groups excluding carboxylic acids is 1. The predicted molar refractivity (Wildman–Crippen MR) is 173 cm³/mol. The Morgan fingerprint density at radius 3 is 2.40 bits per heavy atom. The normalized spacial score (nSPS) is 16.9. The zero-order valence-corrected chi connectivity index (χ0v) is 27.7. The smallest absolute Gasteiger partial charge is 0.434 e. The van der Waals surface area contributed by atoms with E-state index in [-0.39, 0.29) is 52.9 Å². The number of hydrogen-bond donors (Lipinski definition) is 1. The number of halogens is 4. The van der Waals surface area contributed by atoms with Crippen LogP contribution >= 0.6 is 11.6 Å². The van der Waals surface area contributed by atoms with Crippen molar-refractivity contribution in [2.45, 2.75) is 65.3 Å². The van der Waals surface area contributed by atoms with Gasteiger partial charge in [0, 0.05) is 24.1 Å². The zero-order chi connectivity index (χ0) is 34.8. The summed E-state index contributed by atoms with van der Waals surface area (Å²) in [7, 11) is 0. The van der Waals surface area contributed by atoms with Crippen LogP contribution in [0.2, 0.25) is 5.02 Å². The van der Waals surface area contributed by atoms with E-state index < -0.39 is 29.5 Å². The summed E-state index contributed by atoms with van der Waals surface area (Å²) >= 11 is 6.56. The second-order valence-electron chi connectivity index (χ2n) is 12.6. The van der Waals surface area contributed by atoms with Crippen molar-refractivity contribution in [3.8, 4) is 22.8 Å². The van der Waals surface area contributed by atoms with Crippen LogP contribution in [-0.4, -0.2) is 56.0 Å². The first-order chi connectivity index (χ1) is 22.7. The number of rotatable bonds is 8. The number of benzene rings is 2. The molecule has 0 aliphatic carbocycles. The van der Waals surface area contributed by atoms with Gasteiger partial charge < -0.3 is 19.5 Å². The molecule has 48 heavy (non-hydrogen) atoms. The number of carbonyl (C=O) groups is 2. The van der Waals surface area contributed by atoms with Crippen LogP contribution < -0.4 is 4.74 Å². The van der Waals surface area contributed by atoms with Gasteiger partial charge in [-0.25, -0.2) is 19.3 Å². The number of aromatic nitrogens is 3. The first kappa shape index (κ1) is 34.7. The first-order valence-corrected chi connectivity index (χ1v) is 15.9. The Bertz CT molecular complexity index is 1790.